The minimum atomic E-state index is -1.45. The molecule has 0 spiro atoms. The van der Waals surface area contributed by atoms with Gasteiger partial charge >= 0.3 is 11.0 Å². The molecule has 0 aromatic carbocycles. The van der Waals surface area contributed by atoms with Gasteiger partial charge in [-0.05, 0) is 6.07 Å². The van der Waals surface area contributed by atoms with Crippen LogP contribution in [0.4, 0.5) is 5.00 Å². The Bertz CT molecular complexity index is 361. The fourth-order valence-electron chi connectivity index (χ4n) is 0.815. The average Bonchev–Trinajstić information content (AvgIpc) is 2.64. The molecule has 0 radical (unpaired) electrons. The predicted molar refractivity (Wildman–Crippen MR) is 47.9 cm³/mol. The van der Waals surface area contributed by atoms with E-state index in [0.717, 1.165) is 18.4 Å². The number of aliphatic hydroxyl groups excluding tert-OH is 1. The van der Waals surface area contributed by atoms with Crippen molar-refractivity contribution in [3.63, 3.8) is 0 Å². The van der Waals surface area contributed by atoms with E-state index in [1.54, 1.807) is 0 Å². The molecule has 14 heavy (non-hydrogen) atoms. The molecule has 0 aliphatic rings. The maximum absolute atomic E-state index is 10.9. The highest BCUT2D eigenvalue weighted by Crippen LogP contribution is 2.29. The standard InChI is InChI=1S/C7H7NO5S/c1-13-7(10)6(9)4-2-3-5(14-4)8(11)12/h2-3,6,9H,1H3. The number of aliphatic hydroxyl groups is 1. The molecule has 1 unspecified atom stereocenters. The number of hydrogen-bond acceptors (Lipinski definition) is 6. The monoisotopic (exact) mass is 217 g/mol. The number of nitro groups is 1. The summed E-state index contributed by atoms with van der Waals surface area (Å²) in [5.41, 5.74) is 0. The van der Waals surface area contributed by atoms with Gasteiger partial charge in [0.15, 0.2) is 6.10 Å². The summed E-state index contributed by atoms with van der Waals surface area (Å²) in [6, 6.07) is 2.55. The van der Waals surface area contributed by atoms with E-state index in [0.29, 0.717) is 0 Å². The van der Waals surface area contributed by atoms with Crippen LogP contribution in [0.5, 0.6) is 0 Å². The first-order valence-corrected chi connectivity index (χ1v) is 4.38. The van der Waals surface area contributed by atoms with Crippen molar-refractivity contribution in [2.45, 2.75) is 6.10 Å². The maximum Gasteiger partial charge on any atom is 0.340 e. The Balaban J connectivity index is 2.86. The summed E-state index contributed by atoms with van der Waals surface area (Å²) in [7, 11) is 1.13. The molecule has 7 heteroatoms. The highest BCUT2D eigenvalue weighted by molar-refractivity contribution is 7.15. The summed E-state index contributed by atoms with van der Waals surface area (Å²) in [4.78, 5) is 20.8. The molecule has 76 valence electrons. The second-order valence-corrected chi connectivity index (χ2v) is 3.45. The summed E-state index contributed by atoms with van der Waals surface area (Å²) < 4.78 is 4.28. The molecule has 1 aromatic rings. The van der Waals surface area contributed by atoms with Gasteiger partial charge < -0.3 is 9.84 Å². The lowest BCUT2D eigenvalue weighted by molar-refractivity contribution is -0.380. The molecule has 0 saturated heterocycles. The molecular weight excluding hydrogens is 210 g/mol. The normalized spacial score (nSPS) is 12.1. The Morgan fingerprint density at radius 3 is 2.79 bits per heavy atom. The molecule has 0 bridgehead atoms. The number of nitrogens with zero attached hydrogens (tertiary/aromatic N) is 1. The molecule has 1 rings (SSSR count). The average molecular weight is 217 g/mol. The van der Waals surface area contributed by atoms with E-state index in [-0.39, 0.29) is 9.88 Å². The third kappa shape index (κ3) is 2.06. The number of carbonyl (C=O) groups is 1. The van der Waals surface area contributed by atoms with Crippen LogP contribution in [0.25, 0.3) is 0 Å². The topological polar surface area (TPSA) is 89.7 Å². The van der Waals surface area contributed by atoms with Crippen LogP contribution in [0.2, 0.25) is 0 Å². The Hall–Kier alpha value is -1.47. The fourth-order valence-corrected chi connectivity index (χ4v) is 1.61. The molecule has 1 atom stereocenters. The van der Waals surface area contributed by atoms with Crippen LogP contribution in [-0.2, 0) is 9.53 Å². The van der Waals surface area contributed by atoms with Crippen LogP contribution in [-0.4, -0.2) is 23.1 Å². The van der Waals surface area contributed by atoms with Gasteiger partial charge in [-0.3, -0.25) is 10.1 Å². The second kappa shape index (κ2) is 4.16. The van der Waals surface area contributed by atoms with Gasteiger partial charge in [0.05, 0.1) is 16.9 Å². The van der Waals surface area contributed by atoms with Gasteiger partial charge in [0, 0.05) is 6.07 Å². The Morgan fingerprint density at radius 1 is 1.71 bits per heavy atom. The van der Waals surface area contributed by atoms with Crippen LogP contribution in [0.3, 0.4) is 0 Å². The zero-order chi connectivity index (χ0) is 10.7. The zero-order valence-corrected chi connectivity index (χ0v) is 7.98. The number of ether oxygens (including phenoxy) is 1. The van der Waals surface area contributed by atoms with E-state index in [1.807, 2.05) is 0 Å². The van der Waals surface area contributed by atoms with Crippen molar-refractivity contribution in [1.82, 2.24) is 0 Å². The van der Waals surface area contributed by atoms with Crippen molar-refractivity contribution in [1.29, 1.82) is 0 Å². The number of carbonyl (C=O) groups excluding carboxylic acids is 1. The van der Waals surface area contributed by atoms with E-state index in [9.17, 15) is 20.0 Å². The maximum atomic E-state index is 10.9. The minimum Gasteiger partial charge on any atom is -0.467 e. The van der Waals surface area contributed by atoms with Gasteiger partial charge in [0.25, 0.3) is 0 Å². The van der Waals surface area contributed by atoms with Crippen molar-refractivity contribution >= 4 is 22.3 Å². The van der Waals surface area contributed by atoms with Crippen LogP contribution < -0.4 is 0 Å². The van der Waals surface area contributed by atoms with Crippen LogP contribution in [0.1, 0.15) is 11.0 Å². The van der Waals surface area contributed by atoms with E-state index < -0.39 is 17.0 Å². The number of esters is 1. The number of hydrogen-bond donors (Lipinski definition) is 1. The predicted octanol–water partition coefficient (Wildman–Crippen LogP) is 0.863. The molecular formula is C7H7NO5S. The van der Waals surface area contributed by atoms with Gasteiger partial charge in [-0.1, -0.05) is 11.3 Å². The number of methoxy groups -OCH3 is 1. The molecule has 1 N–H and O–H groups in total. The third-order valence-electron chi connectivity index (χ3n) is 1.49. The van der Waals surface area contributed by atoms with Crippen molar-refractivity contribution in [2.75, 3.05) is 7.11 Å². The summed E-state index contributed by atoms with van der Waals surface area (Å²) in [6.07, 6.45) is -1.45. The van der Waals surface area contributed by atoms with Crippen LogP contribution >= 0.6 is 11.3 Å². The fraction of sp³-hybridized carbons (Fsp3) is 0.286. The van der Waals surface area contributed by atoms with Crippen LogP contribution in [0, 0.1) is 10.1 Å². The number of thiophene rings is 1. The molecule has 6 nitrogen and oxygen atoms in total. The lowest BCUT2D eigenvalue weighted by Gasteiger charge is -2.03. The van der Waals surface area contributed by atoms with E-state index in [2.05, 4.69) is 4.74 Å². The van der Waals surface area contributed by atoms with Gasteiger partial charge in [-0.2, -0.15) is 0 Å². The quantitative estimate of drug-likeness (QED) is 0.460. The molecule has 0 saturated carbocycles. The molecule has 0 amide bonds. The first-order chi connectivity index (χ1) is 6.56. The molecule has 0 aliphatic carbocycles. The van der Waals surface area contributed by atoms with E-state index >= 15 is 0 Å². The number of rotatable bonds is 3. The van der Waals surface area contributed by atoms with E-state index in [1.165, 1.54) is 12.1 Å². The van der Waals surface area contributed by atoms with Crippen molar-refractivity contribution in [2.24, 2.45) is 0 Å². The summed E-state index contributed by atoms with van der Waals surface area (Å²) in [6.45, 7) is 0. The second-order valence-electron chi connectivity index (χ2n) is 2.36. The first-order valence-electron chi connectivity index (χ1n) is 3.56. The molecule has 0 aliphatic heterocycles. The Morgan fingerprint density at radius 2 is 2.36 bits per heavy atom. The summed E-state index contributed by atoms with van der Waals surface area (Å²) in [5.74, 6) is -0.832. The van der Waals surface area contributed by atoms with Gasteiger partial charge in [-0.25, -0.2) is 4.79 Å². The highest BCUT2D eigenvalue weighted by Gasteiger charge is 2.22. The first kappa shape index (κ1) is 10.6. The molecule has 0 fully saturated rings. The zero-order valence-electron chi connectivity index (χ0n) is 7.17. The van der Waals surface area contributed by atoms with Crippen molar-refractivity contribution in [3.8, 4) is 0 Å². The summed E-state index contributed by atoms with van der Waals surface area (Å²) in [5, 5.41) is 19.5. The van der Waals surface area contributed by atoms with Gasteiger partial charge in [0.2, 0.25) is 0 Å². The Kier molecular flexibility index (Phi) is 3.15. The lowest BCUT2D eigenvalue weighted by Crippen LogP contribution is -2.11. The SMILES string of the molecule is COC(=O)C(O)c1ccc([N+](=O)[O-])s1. The highest BCUT2D eigenvalue weighted by atomic mass is 32.1. The van der Waals surface area contributed by atoms with Crippen molar-refractivity contribution in [3.05, 3.63) is 27.1 Å². The molecule has 1 aromatic heterocycles. The van der Waals surface area contributed by atoms with E-state index in [4.69, 9.17) is 0 Å². The Labute approximate surface area is 82.9 Å². The van der Waals surface area contributed by atoms with Gasteiger partial charge in [0.1, 0.15) is 0 Å². The molecule has 1 heterocycles. The van der Waals surface area contributed by atoms with Crippen molar-refractivity contribution < 1.29 is 19.6 Å². The smallest absolute Gasteiger partial charge is 0.340 e. The van der Waals surface area contributed by atoms with Gasteiger partial charge in [-0.15, -0.1) is 0 Å². The lowest BCUT2D eigenvalue weighted by atomic mass is 10.3. The third-order valence-corrected chi connectivity index (χ3v) is 2.58. The minimum absolute atomic E-state index is 0.122. The summed E-state index contributed by atoms with van der Waals surface area (Å²) >= 11 is 0.743. The van der Waals surface area contributed by atoms with Crippen LogP contribution in [0.15, 0.2) is 12.1 Å². The largest absolute Gasteiger partial charge is 0.467 e.